The highest BCUT2D eigenvalue weighted by molar-refractivity contribution is 5.10. The van der Waals surface area contributed by atoms with E-state index < -0.39 is 0 Å². The van der Waals surface area contributed by atoms with E-state index in [0.717, 1.165) is 39.3 Å². The van der Waals surface area contributed by atoms with E-state index in [4.69, 9.17) is 9.47 Å². The minimum Gasteiger partial charge on any atom is -0.385 e. The highest BCUT2D eigenvalue weighted by atomic mass is 16.5. The van der Waals surface area contributed by atoms with Crippen molar-refractivity contribution in [2.24, 2.45) is 0 Å². The normalized spacial score (nSPS) is 12.0. The molecule has 0 fully saturated rings. The highest BCUT2D eigenvalue weighted by Gasteiger charge is 2.08. The van der Waals surface area contributed by atoms with E-state index in [0.29, 0.717) is 0 Å². The van der Waals surface area contributed by atoms with Gasteiger partial charge in [-0.3, -0.25) is 0 Å². The molecule has 1 heterocycles. The summed E-state index contributed by atoms with van der Waals surface area (Å²) >= 11 is 0. The van der Waals surface area contributed by atoms with Crippen LogP contribution in [-0.4, -0.2) is 37.0 Å². The van der Waals surface area contributed by atoms with Gasteiger partial charge in [-0.1, -0.05) is 0 Å². The van der Waals surface area contributed by atoms with Crippen molar-refractivity contribution in [3.63, 3.8) is 0 Å². The number of ether oxygens (including phenoxy) is 2. The Kier molecular flexibility index (Phi) is 7.13. The Balaban J connectivity index is 2.16. The average molecular weight is 268 g/mol. The van der Waals surface area contributed by atoms with Crippen LogP contribution in [0.4, 0.5) is 0 Å². The monoisotopic (exact) mass is 268 g/mol. The van der Waals surface area contributed by atoms with Gasteiger partial charge < -0.3 is 19.4 Å². The smallest absolute Gasteiger partial charge is 0.0645 e. The fourth-order valence-corrected chi connectivity index (χ4v) is 1.68. The molecular weight excluding hydrogens is 240 g/mol. The van der Waals surface area contributed by atoms with Crippen molar-refractivity contribution in [1.82, 2.24) is 9.88 Å². The van der Waals surface area contributed by atoms with Crippen molar-refractivity contribution in [2.45, 2.75) is 45.8 Å². The molecule has 0 aliphatic heterocycles. The average Bonchev–Trinajstić information content (AvgIpc) is 2.78. The Labute approximate surface area is 117 Å². The first-order chi connectivity index (χ1) is 9.01. The maximum atomic E-state index is 5.55. The molecule has 4 nitrogen and oxygen atoms in total. The molecule has 1 aromatic rings. The van der Waals surface area contributed by atoms with Crippen LogP contribution in [0, 0.1) is 0 Å². The van der Waals surface area contributed by atoms with Gasteiger partial charge >= 0.3 is 0 Å². The van der Waals surface area contributed by atoms with E-state index in [1.54, 1.807) is 7.11 Å². The number of nitrogens with zero attached hydrogens (tertiary/aromatic N) is 1. The largest absolute Gasteiger partial charge is 0.385 e. The number of nitrogens with one attached hydrogen (secondary N) is 1. The van der Waals surface area contributed by atoms with Crippen LogP contribution in [0.15, 0.2) is 18.5 Å². The molecule has 0 aliphatic carbocycles. The Morgan fingerprint density at radius 2 is 2.00 bits per heavy atom. The van der Waals surface area contributed by atoms with Crippen molar-refractivity contribution in [3.05, 3.63) is 24.0 Å². The lowest BCUT2D eigenvalue weighted by Crippen LogP contribution is -2.34. The summed E-state index contributed by atoms with van der Waals surface area (Å²) in [5, 5.41) is 3.48. The molecule has 1 N–H and O–H groups in total. The zero-order valence-corrected chi connectivity index (χ0v) is 12.7. The van der Waals surface area contributed by atoms with Crippen molar-refractivity contribution < 1.29 is 9.47 Å². The molecule has 0 amide bonds. The SMILES string of the molecule is COCCCOCCn1ccc(CNC(C)(C)C)c1. The Morgan fingerprint density at radius 3 is 2.68 bits per heavy atom. The Hall–Kier alpha value is -0.840. The van der Waals surface area contributed by atoms with Crippen LogP contribution in [0.25, 0.3) is 0 Å². The molecule has 0 aliphatic rings. The topological polar surface area (TPSA) is 35.4 Å². The lowest BCUT2D eigenvalue weighted by molar-refractivity contribution is 0.0977. The molecule has 4 heteroatoms. The summed E-state index contributed by atoms with van der Waals surface area (Å²) in [7, 11) is 1.72. The van der Waals surface area contributed by atoms with Gasteiger partial charge in [0.05, 0.1) is 6.61 Å². The number of hydrogen-bond acceptors (Lipinski definition) is 3. The molecule has 1 aromatic heterocycles. The molecule has 1 rings (SSSR count). The molecule has 0 saturated carbocycles. The van der Waals surface area contributed by atoms with Gasteiger partial charge in [-0.15, -0.1) is 0 Å². The Bertz CT molecular complexity index is 342. The van der Waals surface area contributed by atoms with Crippen LogP contribution in [0.5, 0.6) is 0 Å². The molecule has 110 valence electrons. The fraction of sp³-hybridized carbons (Fsp3) is 0.733. The van der Waals surface area contributed by atoms with Crippen LogP contribution in [-0.2, 0) is 22.6 Å². The summed E-state index contributed by atoms with van der Waals surface area (Å²) in [5.41, 5.74) is 1.47. The standard InChI is InChI=1S/C15H28N2O2/c1-15(2,3)16-12-14-6-7-17(13-14)8-11-19-10-5-9-18-4/h6-7,13,16H,5,8-12H2,1-4H3. The van der Waals surface area contributed by atoms with Gasteiger partial charge in [0.15, 0.2) is 0 Å². The first-order valence-corrected chi connectivity index (χ1v) is 6.97. The predicted octanol–water partition coefficient (Wildman–Crippen LogP) is 2.43. The van der Waals surface area contributed by atoms with Crippen molar-refractivity contribution in [1.29, 1.82) is 0 Å². The van der Waals surface area contributed by atoms with Gasteiger partial charge in [-0.2, -0.15) is 0 Å². The number of rotatable bonds is 9. The molecule has 0 unspecified atom stereocenters. The second-order valence-electron chi connectivity index (χ2n) is 5.82. The molecule has 19 heavy (non-hydrogen) atoms. The zero-order chi connectivity index (χ0) is 14.1. The minimum absolute atomic E-state index is 0.159. The van der Waals surface area contributed by atoms with Crippen molar-refractivity contribution in [2.75, 3.05) is 26.9 Å². The van der Waals surface area contributed by atoms with E-state index in [-0.39, 0.29) is 5.54 Å². The summed E-state index contributed by atoms with van der Waals surface area (Å²) in [5.74, 6) is 0. The third-order valence-electron chi connectivity index (χ3n) is 2.77. The van der Waals surface area contributed by atoms with E-state index >= 15 is 0 Å². The molecule has 0 radical (unpaired) electrons. The molecule has 0 aromatic carbocycles. The maximum absolute atomic E-state index is 5.55. The van der Waals surface area contributed by atoms with Crippen LogP contribution in [0.1, 0.15) is 32.8 Å². The first-order valence-electron chi connectivity index (χ1n) is 6.97. The van der Waals surface area contributed by atoms with Crippen molar-refractivity contribution in [3.8, 4) is 0 Å². The summed E-state index contributed by atoms with van der Waals surface area (Å²) in [6.45, 7) is 10.6. The van der Waals surface area contributed by atoms with Gasteiger partial charge in [0.2, 0.25) is 0 Å². The third kappa shape index (κ3) is 8.03. The van der Waals surface area contributed by atoms with Crippen LogP contribution < -0.4 is 5.32 Å². The van der Waals surface area contributed by atoms with E-state index in [1.807, 2.05) is 0 Å². The second kappa shape index (κ2) is 8.35. The number of methoxy groups -OCH3 is 1. The molecule has 0 atom stereocenters. The maximum Gasteiger partial charge on any atom is 0.0645 e. The molecular formula is C15H28N2O2. The molecule has 0 saturated heterocycles. The van der Waals surface area contributed by atoms with Crippen molar-refractivity contribution >= 4 is 0 Å². The van der Waals surface area contributed by atoms with Gasteiger partial charge in [-0.25, -0.2) is 0 Å². The summed E-state index contributed by atoms with van der Waals surface area (Å²) in [6.07, 6.45) is 5.25. The molecule has 0 bridgehead atoms. The van der Waals surface area contributed by atoms with E-state index in [1.165, 1.54) is 5.56 Å². The van der Waals surface area contributed by atoms with Gasteiger partial charge in [0, 0.05) is 51.3 Å². The summed E-state index contributed by atoms with van der Waals surface area (Å²) in [6, 6.07) is 2.16. The van der Waals surface area contributed by atoms with E-state index in [2.05, 4.69) is 49.1 Å². The number of aromatic nitrogens is 1. The van der Waals surface area contributed by atoms with Crippen LogP contribution in [0.2, 0.25) is 0 Å². The fourth-order valence-electron chi connectivity index (χ4n) is 1.68. The highest BCUT2D eigenvalue weighted by Crippen LogP contribution is 2.05. The zero-order valence-electron chi connectivity index (χ0n) is 12.7. The van der Waals surface area contributed by atoms with E-state index in [9.17, 15) is 0 Å². The summed E-state index contributed by atoms with van der Waals surface area (Å²) < 4.78 is 12.7. The van der Waals surface area contributed by atoms with Crippen LogP contribution in [0.3, 0.4) is 0 Å². The second-order valence-corrected chi connectivity index (χ2v) is 5.82. The number of hydrogen-bond donors (Lipinski definition) is 1. The van der Waals surface area contributed by atoms with Gasteiger partial charge in [0.25, 0.3) is 0 Å². The Morgan fingerprint density at radius 1 is 1.21 bits per heavy atom. The molecule has 0 spiro atoms. The lowest BCUT2D eigenvalue weighted by atomic mass is 10.1. The summed E-state index contributed by atoms with van der Waals surface area (Å²) in [4.78, 5) is 0. The lowest BCUT2D eigenvalue weighted by Gasteiger charge is -2.19. The van der Waals surface area contributed by atoms with Gasteiger partial charge in [0.1, 0.15) is 0 Å². The quantitative estimate of drug-likeness (QED) is 0.699. The van der Waals surface area contributed by atoms with Crippen LogP contribution >= 0.6 is 0 Å². The first kappa shape index (κ1) is 16.2. The predicted molar refractivity (Wildman–Crippen MR) is 78.3 cm³/mol. The van der Waals surface area contributed by atoms with Gasteiger partial charge in [-0.05, 0) is 38.8 Å². The third-order valence-corrected chi connectivity index (χ3v) is 2.77. The minimum atomic E-state index is 0.159.